The molecule has 1 aliphatic rings. The summed E-state index contributed by atoms with van der Waals surface area (Å²) >= 11 is 0. The van der Waals surface area contributed by atoms with Gasteiger partial charge >= 0.3 is 6.03 Å². The number of hydroxylamine groups is 1. The van der Waals surface area contributed by atoms with Crippen molar-refractivity contribution >= 4 is 21.7 Å². The van der Waals surface area contributed by atoms with E-state index in [9.17, 15) is 13.2 Å². The molecule has 0 unspecified atom stereocenters. The van der Waals surface area contributed by atoms with Crippen LogP contribution in [0, 0.1) is 0 Å². The summed E-state index contributed by atoms with van der Waals surface area (Å²) in [6.45, 7) is 1.49. The van der Waals surface area contributed by atoms with Crippen LogP contribution in [-0.2, 0) is 14.9 Å². The molecule has 2 rings (SSSR count). The lowest BCUT2D eigenvalue weighted by Gasteiger charge is -2.25. The number of aromatic nitrogens is 1. The maximum Gasteiger partial charge on any atom is 0.319 e. The van der Waals surface area contributed by atoms with Crippen molar-refractivity contribution in [3.63, 3.8) is 0 Å². The van der Waals surface area contributed by atoms with Gasteiger partial charge in [0.2, 0.25) is 10.0 Å². The summed E-state index contributed by atoms with van der Waals surface area (Å²) in [5, 5.41) is 5.48. The van der Waals surface area contributed by atoms with Gasteiger partial charge in [0.15, 0.2) is 0 Å². The third kappa shape index (κ3) is 7.37. The van der Waals surface area contributed by atoms with Crippen molar-refractivity contribution in [1.29, 1.82) is 0 Å². The van der Waals surface area contributed by atoms with Crippen molar-refractivity contribution in [1.82, 2.24) is 14.8 Å². The monoisotopic (exact) mass is 370 g/mol. The van der Waals surface area contributed by atoms with E-state index in [2.05, 4.69) is 15.6 Å². The number of hydrogen-bond acceptors (Lipinski definition) is 5. The van der Waals surface area contributed by atoms with Crippen LogP contribution in [0.5, 0.6) is 0 Å². The molecule has 1 aliphatic heterocycles. The Hall–Kier alpha value is -1.71. The average molecular weight is 370 g/mol. The number of anilines is 1. The second-order valence-electron chi connectivity index (χ2n) is 5.91. The summed E-state index contributed by atoms with van der Waals surface area (Å²) in [7, 11) is -3.30. The van der Waals surface area contributed by atoms with Gasteiger partial charge in [-0.1, -0.05) is 17.3 Å². The normalized spacial score (nSPS) is 15.7. The average Bonchev–Trinajstić information content (AvgIpc) is 2.62. The minimum atomic E-state index is -3.30. The van der Waals surface area contributed by atoms with Crippen molar-refractivity contribution in [2.24, 2.45) is 0 Å². The zero-order valence-electron chi connectivity index (χ0n) is 14.3. The van der Waals surface area contributed by atoms with Gasteiger partial charge in [-0.05, 0) is 37.8 Å². The van der Waals surface area contributed by atoms with Gasteiger partial charge in [-0.2, -0.15) is 0 Å². The van der Waals surface area contributed by atoms with Crippen LogP contribution in [0.4, 0.5) is 10.5 Å². The van der Waals surface area contributed by atoms with E-state index in [1.165, 1.54) is 0 Å². The van der Waals surface area contributed by atoms with Crippen molar-refractivity contribution in [3.05, 3.63) is 24.5 Å². The summed E-state index contributed by atoms with van der Waals surface area (Å²) in [6.07, 6.45) is 8.07. The minimum absolute atomic E-state index is 0.114. The molecule has 9 heteroatoms. The van der Waals surface area contributed by atoms with Crippen LogP contribution in [-0.4, -0.2) is 49.4 Å². The first-order valence-corrected chi connectivity index (χ1v) is 10.3. The molecule has 0 saturated carbocycles. The summed E-state index contributed by atoms with van der Waals surface area (Å²) in [5.74, 6) is 0.114. The first-order chi connectivity index (χ1) is 12.1. The van der Waals surface area contributed by atoms with Crippen LogP contribution in [0.3, 0.4) is 0 Å². The van der Waals surface area contributed by atoms with Crippen molar-refractivity contribution in [3.8, 4) is 0 Å². The van der Waals surface area contributed by atoms with Crippen molar-refractivity contribution in [2.45, 2.75) is 38.5 Å². The van der Waals surface area contributed by atoms with Gasteiger partial charge in [-0.3, -0.25) is 9.82 Å². The highest BCUT2D eigenvalue weighted by Crippen LogP contribution is 2.13. The van der Waals surface area contributed by atoms with Crippen LogP contribution in [0.1, 0.15) is 38.5 Å². The third-order valence-corrected chi connectivity index (χ3v) is 5.55. The Morgan fingerprint density at radius 2 is 1.92 bits per heavy atom. The van der Waals surface area contributed by atoms with E-state index in [0.717, 1.165) is 36.6 Å². The molecule has 1 aromatic rings. The van der Waals surface area contributed by atoms with E-state index in [0.29, 0.717) is 31.8 Å². The maximum atomic E-state index is 12.1. The molecule has 1 aromatic heterocycles. The smallest absolute Gasteiger partial charge is 0.319 e. The van der Waals surface area contributed by atoms with E-state index in [1.807, 2.05) is 0 Å². The van der Waals surface area contributed by atoms with E-state index in [-0.39, 0.29) is 11.8 Å². The van der Waals surface area contributed by atoms with Gasteiger partial charge in [0.25, 0.3) is 0 Å². The third-order valence-electron chi connectivity index (χ3n) is 3.83. The molecule has 25 heavy (non-hydrogen) atoms. The largest absolute Gasteiger partial charge is 0.338 e. The minimum Gasteiger partial charge on any atom is -0.338 e. The molecule has 0 atom stereocenters. The van der Waals surface area contributed by atoms with Gasteiger partial charge in [0, 0.05) is 31.2 Å². The van der Waals surface area contributed by atoms with Crippen LogP contribution in [0.25, 0.3) is 0 Å². The van der Waals surface area contributed by atoms with E-state index in [4.69, 9.17) is 4.84 Å². The first-order valence-electron chi connectivity index (χ1n) is 8.66. The number of unbranched alkanes of at least 4 members (excludes halogenated alkanes) is 3. The lowest BCUT2D eigenvalue weighted by Crippen LogP contribution is -2.37. The SMILES string of the molecule is O=C(NCCCCCCS(=O)(=O)N1CCCCO1)Nc1ccncc1. The Bertz CT molecular complexity index is 618. The lowest BCUT2D eigenvalue weighted by molar-refractivity contribution is -0.108. The predicted octanol–water partition coefficient (Wildman–Crippen LogP) is 2.12. The number of pyridine rings is 1. The van der Waals surface area contributed by atoms with Gasteiger partial charge in [-0.15, -0.1) is 0 Å². The van der Waals surface area contributed by atoms with Gasteiger partial charge < -0.3 is 10.6 Å². The molecule has 2 heterocycles. The van der Waals surface area contributed by atoms with Gasteiger partial charge in [0.05, 0.1) is 12.4 Å². The molecule has 0 radical (unpaired) electrons. The molecule has 140 valence electrons. The topological polar surface area (TPSA) is 101 Å². The highest BCUT2D eigenvalue weighted by atomic mass is 32.2. The second-order valence-corrected chi connectivity index (χ2v) is 7.89. The maximum absolute atomic E-state index is 12.1. The second kappa shape index (κ2) is 10.3. The van der Waals surface area contributed by atoms with E-state index >= 15 is 0 Å². The lowest BCUT2D eigenvalue weighted by atomic mass is 10.2. The van der Waals surface area contributed by atoms with E-state index < -0.39 is 10.0 Å². The summed E-state index contributed by atoms with van der Waals surface area (Å²) in [4.78, 5) is 20.7. The summed E-state index contributed by atoms with van der Waals surface area (Å²) < 4.78 is 25.3. The highest BCUT2D eigenvalue weighted by Gasteiger charge is 2.24. The van der Waals surface area contributed by atoms with Crippen LogP contribution >= 0.6 is 0 Å². The van der Waals surface area contributed by atoms with E-state index in [1.54, 1.807) is 24.5 Å². The Labute approximate surface area is 149 Å². The predicted molar refractivity (Wildman–Crippen MR) is 95.4 cm³/mol. The van der Waals surface area contributed by atoms with Crippen molar-refractivity contribution < 1.29 is 18.0 Å². The number of carbonyl (C=O) groups is 1. The molecule has 2 amide bonds. The zero-order valence-corrected chi connectivity index (χ0v) is 15.1. The number of nitrogens with zero attached hydrogens (tertiary/aromatic N) is 2. The molecule has 0 aliphatic carbocycles. The number of hydrogen-bond donors (Lipinski definition) is 2. The first kappa shape index (κ1) is 19.6. The summed E-state index contributed by atoms with van der Waals surface area (Å²) in [5.41, 5.74) is 0.692. The van der Waals surface area contributed by atoms with Crippen molar-refractivity contribution in [2.75, 3.05) is 30.8 Å². The molecule has 1 saturated heterocycles. The Morgan fingerprint density at radius 3 is 2.64 bits per heavy atom. The number of nitrogens with one attached hydrogen (secondary N) is 2. The summed E-state index contributed by atoms with van der Waals surface area (Å²) in [6, 6.07) is 3.18. The van der Waals surface area contributed by atoms with Gasteiger partial charge in [-0.25, -0.2) is 13.2 Å². The molecule has 2 N–H and O–H groups in total. The fourth-order valence-electron chi connectivity index (χ4n) is 2.47. The van der Waals surface area contributed by atoms with Crippen LogP contribution < -0.4 is 10.6 Å². The van der Waals surface area contributed by atoms with Crippen LogP contribution in [0.15, 0.2) is 24.5 Å². The molecule has 0 aromatic carbocycles. The number of sulfonamides is 1. The molecular weight excluding hydrogens is 344 g/mol. The number of urea groups is 1. The number of amides is 2. The number of carbonyl (C=O) groups excluding carboxylic acids is 1. The fourth-order valence-corrected chi connectivity index (χ4v) is 3.89. The Morgan fingerprint density at radius 1 is 1.16 bits per heavy atom. The van der Waals surface area contributed by atoms with Crippen LogP contribution in [0.2, 0.25) is 0 Å². The Balaban J connectivity index is 1.51. The molecule has 0 spiro atoms. The van der Waals surface area contributed by atoms with Gasteiger partial charge in [0.1, 0.15) is 0 Å². The fraction of sp³-hybridized carbons (Fsp3) is 0.625. The number of rotatable bonds is 9. The Kier molecular flexibility index (Phi) is 8.10. The zero-order chi connectivity index (χ0) is 18.0. The highest BCUT2D eigenvalue weighted by molar-refractivity contribution is 7.88. The molecule has 8 nitrogen and oxygen atoms in total. The molecule has 0 bridgehead atoms. The molecular formula is C16H26N4O4S. The standard InChI is InChI=1S/C16H26N4O4S/c21-16(19-15-7-10-17-11-8-15)18-9-3-1-2-6-14-25(22,23)20-12-4-5-13-24-20/h7-8,10-11H,1-6,9,12-14H2,(H2,17,18,19,21). The molecule has 1 fully saturated rings. The quantitative estimate of drug-likeness (QED) is 0.649.